The van der Waals surface area contributed by atoms with E-state index in [0.717, 1.165) is 5.57 Å². The van der Waals surface area contributed by atoms with Gasteiger partial charge in [0.05, 0.1) is 0 Å². The molecule has 0 bridgehead atoms. The Morgan fingerprint density at radius 3 is 2.00 bits per heavy atom. The summed E-state index contributed by atoms with van der Waals surface area (Å²) < 4.78 is 0. The average molecular weight is 253 g/mol. The average Bonchev–Trinajstić information content (AvgIpc) is 2.35. The van der Waals surface area contributed by atoms with Crippen molar-refractivity contribution in [1.82, 2.24) is 15.1 Å². The van der Waals surface area contributed by atoms with Crippen LogP contribution in [-0.2, 0) is 4.79 Å². The highest BCUT2D eigenvalue weighted by Gasteiger charge is 2.21. The van der Waals surface area contributed by atoms with Crippen LogP contribution in [0.25, 0.3) is 0 Å². The third-order valence-electron chi connectivity index (χ3n) is 3.35. The molecule has 1 saturated heterocycles. The molecule has 0 spiro atoms. The van der Waals surface area contributed by atoms with Crippen molar-refractivity contribution in [2.24, 2.45) is 5.92 Å². The van der Waals surface area contributed by atoms with Crippen molar-refractivity contribution in [1.29, 1.82) is 0 Å². The number of urea groups is 1. The normalized spacial score (nSPS) is 17.1. The fourth-order valence-electron chi connectivity index (χ4n) is 1.66. The van der Waals surface area contributed by atoms with Gasteiger partial charge in [0.15, 0.2) is 0 Å². The Kier molecular flexibility index (Phi) is 5.19. The zero-order chi connectivity index (χ0) is 13.7. The SMILES string of the molecule is CC(=O)N1CCN(C(=O)N/C=C(\C)C(C)C)CC1. The lowest BCUT2D eigenvalue weighted by Gasteiger charge is -2.33. The predicted octanol–water partition coefficient (Wildman–Crippen LogP) is 1.42. The minimum Gasteiger partial charge on any atom is -0.339 e. The van der Waals surface area contributed by atoms with Crippen molar-refractivity contribution in [3.8, 4) is 0 Å². The zero-order valence-electron chi connectivity index (χ0n) is 11.7. The van der Waals surface area contributed by atoms with E-state index >= 15 is 0 Å². The molecule has 0 aromatic rings. The summed E-state index contributed by atoms with van der Waals surface area (Å²) in [4.78, 5) is 26.5. The van der Waals surface area contributed by atoms with Gasteiger partial charge in [-0.05, 0) is 12.8 Å². The van der Waals surface area contributed by atoms with Crippen LogP contribution in [0, 0.1) is 5.92 Å². The van der Waals surface area contributed by atoms with Gasteiger partial charge in [-0.2, -0.15) is 0 Å². The number of hydrogen-bond acceptors (Lipinski definition) is 2. The lowest BCUT2D eigenvalue weighted by Crippen LogP contribution is -2.52. The van der Waals surface area contributed by atoms with Crippen LogP contribution < -0.4 is 5.32 Å². The first-order valence-electron chi connectivity index (χ1n) is 6.39. The molecule has 0 aromatic heterocycles. The fraction of sp³-hybridized carbons (Fsp3) is 0.692. The summed E-state index contributed by atoms with van der Waals surface area (Å²) in [5.74, 6) is 0.505. The molecule has 1 rings (SSSR count). The van der Waals surface area contributed by atoms with Gasteiger partial charge in [-0.15, -0.1) is 0 Å². The Morgan fingerprint density at radius 2 is 1.56 bits per heavy atom. The first-order chi connectivity index (χ1) is 8.41. The van der Waals surface area contributed by atoms with Gasteiger partial charge in [-0.3, -0.25) is 4.79 Å². The summed E-state index contributed by atoms with van der Waals surface area (Å²) in [5, 5.41) is 2.80. The number of amides is 3. The Hall–Kier alpha value is -1.52. The Bertz CT molecular complexity index is 342. The van der Waals surface area contributed by atoms with Crippen molar-refractivity contribution < 1.29 is 9.59 Å². The van der Waals surface area contributed by atoms with E-state index in [-0.39, 0.29) is 11.9 Å². The second-order valence-electron chi connectivity index (χ2n) is 4.99. The molecule has 0 aromatic carbocycles. The Morgan fingerprint density at radius 1 is 1.06 bits per heavy atom. The zero-order valence-corrected chi connectivity index (χ0v) is 11.7. The third kappa shape index (κ3) is 4.05. The molecule has 3 amide bonds. The maximum Gasteiger partial charge on any atom is 0.321 e. The number of rotatable bonds is 2. The van der Waals surface area contributed by atoms with E-state index in [1.165, 1.54) is 0 Å². The maximum absolute atomic E-state index is 11.9. The molecule has 1 N–H and O–H groups in total. The molecule has 0 unspecified atom stereocenters. The van der Waals surface area contributed by atoms with Crippen molar-refractivity contribution >= 4 is 11.9 Å². The minimum absolute atomic E-state index is 0.0746. The van der Waals surface area contributed by atoms with E-state index in [1.54, 1.807) is 22.9 Å². The van der Waals surface area contributed by atoms with Gasteiger partial charge in [0.2, 0.25) is 5.91 Å². The van der Waals surface area contributed by atoms with Crippen LogP contribution in [0.1, 0.15) is 27.7 Å². The minimum atomic E-state index is -0.0850. The van der Waals surface area contributed by atoms with Gasteiger partial charge in [-0.1, -0.05) is 19.4 Å². The first-order valence-corrected chi connectivity index (χ1v) is 6.39. The number of allylic oxidation sites excluding steroid dienone is 1. The van der Waals surface area contributed by atoms with Gasteiger partial charge >= 0.3 is 6.03 Å². The summed E-state index contributed by atoms with van der Waals surface area (Å²) in [5.41, 5.74) is 1.14. The van der Waals surface area contributed by atoms with Gasteiger partial charge in [0, 0.05) is 39.3 Å². The highest BCUT2D eigenvalue weighted by Crippen LogP contribution is 2.07. The van der Waals surface area contributed by atoms with Crippen molar-refractivity contribution in [2.75, 3.05) is 26.2 Å². The molecule has 1 fully saturated rings. The molecule has 18 heavy (non-hydrogen) atoms. The van der Waals surface area contributed by atoms with Crippen LogP contribution in [-0.4, -0.2) is 47.9 Å². The summed E-state index contributed by atoms with van der Waals surface area (Å²) in [7, 11) is 0. The summed E-state index contributed by atoms with van der Waals surface area (Å²) in [6.45, 7) is 10.2. The predicted molar refractivity (Wildman–Crippen MR) is 71.0 cm³/mol. The number of piperazine rings is 1. The fourth-order valence-corrected chi connectivity index (χ4v) is 1.66. The van der Waals surface area contributed by atoms with E-state index in [1.807, 2.05) is 6.92 Å². The lowest BCUT2D eigenvalue weighted by molar-refractivity contribution is -0.130. The van der Waals surface area contributed by atoms with E-state index in [4.69, 9.17) is 0 Å². The molecule has 1 aliphatic heterocycles. The Balaban J connectivity index is 2.41. The number of carbonyl (C=O) groups excluding carboxylic acids is 2. The molecular formula is C13H23N3O2. The Labute approximate surface area is 109 Å². The number of carbonyl (C=O) groups is 2. The van der Waals surface area contributed by atoms with Gasteiger partial charge in [0.1, 0.15) is 0 Å². The standard InChI is InChI=1S/C13H23N3O2/c1-10(2)11(3)9-14-13(18)16-7-5-15(6-8-16)12(4)17/h9-10H,5-8H2,1-4H3,(H,14,18)/b11-9+. The monoisotopic (exact) mass is 253 g/mol. The molecular weight excluding hydrogens is 230 g/mol. The smallest absolute Gasteiger partial charge is 0.321 e. The van der Waals surface area contributed by atoms with Crippen LogP contribution in [0.4, 0.5) is 4.79 Å². The van der Waals surface area contributed by atoms with Gasteiger partial charge in [0.25, 0.3) is 0 Å². The van der Waals surface area contributed by atoms with Crippen molar-refractivity contribution in [2.45, 2.75) is 27.7 Å². The van der Waals surface area contributed by atoms with E-state index < -0.39 is 0 Å². The highest BCUT2D eigenvalue weighted by atomic mass is 16.2. The number of nitrogens with one attached hydrogen (secondary N) is 1. The van der Waals surface area contributed by atoms with Crippen LogP contribution >= 0.6 is 0 Å². The molecule has 1 heterocycles. The third-order valence-corrected chi connectivity index (χ3v) is 3.35. The van der Waals surface area contributed by atoms with Crippen molar-refractivity contribution in [3.63, 3.8) is 0 Å². The molecule has 0 aliphatic carbocycles. The molecule has 0 radical (unpaired) electrons. The second kappa shape index (κ2) is 6.42. The molecule has 0 saturated carbocycles. The quantitative estimate of drug-likeness (QED) is 0.809. The van der Waals surface area contributed by atoms with Crippen LogP contribution in [0.3, 0.4) is 0 Å². The maximum atomic E-state index is 11.9. The summed E-state index contributed by atoms with van der Waals surface area (Å²) >= 11 is 0. The van der Waals surface area contributed by atoms with Crippen LogP contribution in [0.2, 0.25) is 0 Å². The molecule has 1 aliphatic rings. The largest absolute Gasteiger partial charge is 0.339 e. The highest BCUT2D eigenvalue weighted by molar-refractivity contribution is 5.76. The number of nitrogens with zero attached hydrogens (tertiary/aromatic N) is 2. The topological polar surface area (TPSA) is 52.7 Å². The van der Waals surface area contributed by atoms with Crippen molar-refractivity contribution in [3.05, 3.63) is 11.8 Å². The van der Waals surface area contributed by atoms with E-state index in [2.05, 4.69) is 19.2 Å². The van der Waals surface area contributed by atoms with Gasteiger partial charge < -0.3 is 15.1 Å². The van der Waals surface area contributed by atoms with E-state index in [9.17, 15) is 9.59 Å². The molecule has 5 heteroatoms. The summed E-state index contributed by atoms with van der Waals surface area (Å²) in [6.07, 6.45) is 1.77. The van der Waals surface area contributed by atoms with Gasteiger partial charge in [-0.25, -0.2) is 4.79 Å². The summed E-state index contributed by atoms with van der Waals surface area (Å²) in [6, 6.07) is -0.0850. The molecule has 5 nitrogen and oxygen atoms in total. The van der Waals surface area contributed by atoms with E-state index in [0.29, 0.717) is 32.1 Å². The second-order valence-corrected chi connectivity index (χ2v) is 4.99. The lowest BCUT2D eigenvalue weighted by atomic mass is 10.1. The van der Waals surface area contributed by atoms with Crippen LogP contribution in [0.15, 0.2) is 11.8 Å². The number of hydrogen-bond donors (Lipinski definition) is 1. The molecule has 0 atom stereocenters. The van der Waals surface area contributed by atoms with Crippen LogP contribution in [0.5, 0.6) is 0 Å². The molecule has 102 valence electrons. The first kappa shape index (κ1) is 14.5.